The molecule has 1 N–H and O–H groups in total. The van der Waals surface area contributed by atoms with Gasteiger partial charge in [0.15, 0.2) is 0 Å². The summed E-state index contributed by atoms with van der Waals surface area (Å²) in [6, 6.07) is 0. The first-order chi connectivity index (χ1) is 5.58. The third-order valence-corrected chi connectivity index (χ3v) is 1.47. The molecule has 0 aliphatic rings. The van der Waals surface area contributed by atoms with Crippen molar-refractivity contribution in [3.05, 3.63) is 18.0 Å². The van der Waals surface area contributed by atoms with E-state index in [1.165, 1.54) is 0 Å². The first-order valence-electron chi connectivity index (χ1n) is 4.17. The largest absolute Gasteiger partial charge is 0.364 e. The first kappa shape index (κ1) is 9.26. The summed E-state index contributed by atoms with van der Waals surface area (Å²) in [4.78, 5) is 0. The molecular formula is C9H16N2O. The lowest BCUT2D eigenvalue weighted by Crippen LogP contribution is -2.26. The molecule has 0 spiro atoms. The number of aromatic nitrogens is 1. The second kappa shape index (κ2) is 3.72. The Morgan fingerprint density at radius 1 is 1.50 bits per heavy atom. The third-order valence-electron chi connectivity index (χ3n) is 1.47. The highest BCUT2D eigenvalue weighted by Crippen LogP contribution is 2.10. The Balaban J connectivity index is 2.20. The standard InChI is InChI=1S/C9H16N2O/c1-9(2,3)7-10-4-8-5-11-12-6-8/h5-6,10H,4,7H2,1-3H3. The van der Waals surface area contributed by atoms with Gasteiger partial charge >= 0.3 is 0 Å². The predicted molar refractivity (Wildman–Crippen MR) is 47.7 cm³/mol. The van der Waals surface area contributed by atoms with Gasteiger partial charge in [0.05, 0.1) is 6.20 Å². The summed E-state index contributed by atoms with van der Waals surface area (Å²) >= 11 is 0. The van der Waals surface area contributed by atoms with E-state index >= 15 is 0 Å². The average Bonchev–Trinajstić information content (AvgIpc) is 2.36. The highest BCUT2D eigenvalue weighted by molar-refractivity contribution is 4.99. The number of rotatable bonds is 3. The van der Waals surface area contributed by atoms with Crippen LogP contribution in [0, 0.1) is 5.41 Å². The third kappa shape index (κ3) is 3.53. The Morgan fingerprint density at radius 2 is 2.25 bits per heavy atom. The first-order valence-corrected chi connectivity index (χ1v) is 4.17. The Morgan fingerprint density at radius 3 is 2.75 bits per heavy atom. The molecule has 1 aromatic heterocycles. The molecule has 0 saturated heterocycles. The van der Waals surface area contributed by atoms with Crippen LogP contribution >= 0.6 is 0 Å². The summed E-state index contributed by atoms with van der Waals surface area (Å²) in [5.41, 5.74) is 1.43. The molecule has 1 aromatic rings. The SMILES string of the molecule is CC(C)(C)CNCc1cnoc1. The minimum Gasteiger partial charge on any atom is -0.364 e. The van der Waals surface area contributed by atoms with Crippen LogP contribution in [0.5, 0.6) is 0 Å². The molecule has 0 unspecified atom stereocenters. The van der Waals surface area contributed by atoms with Gasteiger partial charge in [0.2, 0.25) is 0 Å². The van der Waals surface area contributed by atoms with Crippen LogP contribution in [0.2, 0.25) is 0 Å². The maximum Gasteiger partial charge on any atom is 0.128 e. The van der Waals surface area contributed by atoms with Crippen LogP contribution in [0.3, 0.4) is 0 Å². The van der Waals surface area contributed by atoms with Gasteiger partial charge in [-0.3, -0.25) is 0 Å². The highest BCUT2D eigenvalue weighted by atomic mass is 16.5. The van der Waals surface area contributed by atoms with Gasteiger partial charge in [0.1, 0.15) is 6.26 Å². The van der Waals surface area contributed by atoms with E-state index in [0.717, 1.165) is 18.7 Å². The molecule has 1 rings (SSSR count). The van der Waals surface area contributed by atoms with Crippen molar-refractivity contribution < 1.29 is 4.52 Å². The molecule has 0 aliphatic heterocycles. The Kier molecular flexibility index (Phi) is 2.87. The Labute approximate surface area is 73.1 Å². The van der Waals surface area contributed by atoms with Crippen molar-refractivity contribution in [2.75, 3.05) is 6.54 Å². The molecule has 0 saturated carbocycles. The van der Waals surface area contributed by atoms with Crippen LogP contribution in [-0.4, -0.2) is 11.7 Å². The number of hydrogen-bond acceptors (Lipinski definition) is 3. The molecule has 0 amide bonds. The van der Waals surface area contributed by atoms with Gasteiger partial charge in [-0.25, -0.2) is 0 Å². The molecule has 0 aliphatic carbocycles. The zero-order valence-corrected chi connectivity index (χ0v) is 7.92. The quantitative estimate of drug-likeness (QED) is 0.748. The van der Waals surface area contributed by atoms with E-state index in [0.29, 0.717) is 5.41 Å². The van der Waals surface area contributed by atoms with Gasteiger partial charge in [0.25, 0.3) is 0 Å². The maximum absolute atomic E-state index is 4.71. The Bertz CT molecular complexity index is 211. The van der Waals surface area contributed by atoms with Gasteiger partial charge in [-0.2, -0.15) is 0 Å². The van der Waals surface area contributed by atoms with Crippen molar-refractivity contribution in [2.24, 2.45) is 5.41 Å². The van der Waals surface area contributed by atoms with E-state index in [1.54, 1.807) is 12.5 Å². The van der Waals surface area contributed by atoms with Crippen molar-refractivity contribution in [1.29, 1.82) is 0 Å². The van der Waals surface area contributed by atoms with E-state index in [4.69, 9.17) is 4.52 Å². The van der Waals surface area contributed by atoms with E-state index in [-0.39, 0.29) is 0 Å². The van der Waals surface area contributed by atoms with Crippen LogP contribution in [0.4, 0.5) is 0 Å². The van der Waals surface area contributed by atoms with E-state index in [1.807, 2.05) is 0 Å². The van der Waals surface area contributed by atoms with Gasteiger partial charge in [-0.05, 0) is 5.41 Å². The molecule has 68 valence electrons. The van der Waals surface area contributed by atoms with Crippen LogP contribution < -0.4 is 5.32 Å². The minimum atomic E-state index is 0.331. The second-order valence-corrected chi connectivity index (χ2v) is 4.20. The maximum atomic E-state index is 4.71. The van der Waals surface area contributed by atoms with Crippen molar-refractivity contribution in [3.8, 4) is 0 Å². The van der Waals surface area contributed by atoms with Crippen molar-refractivity contribution in [1.82, 2.24) is 10.5 Å². The summed E-state index contributed by atoms with van der Waals surface area (Å²) in [6.07, 6.45) is 3.39. The van der Waals surface area contributed by atoms with Crippen LogP contribution in [0.25, 0.3) is 0 Å². The van der Waals surface area contributed by atoms with Crippen molar-refractivity contribution >= 4 is 0 Å². The lowest BCUT2D eigenvalue weighted by molar-refractivity contribution is 0.378. The summed E-state index contributed by atoms with van der Waals surface area (Å²) in [5, 5.41) is 6.95. The topological polar surface area (TPSA) is 38.1 Å². The van der Waals surface area contributed by atoms with Gasteiger partial charge in [-0.1, -0.05) is 25.9 Å². The van der Waals surface area contributed by atoms with Gasteiger partial charge in [-0.15, -0.1) is 0 Å². The molecule has 0 atom stereocenters. The van der Waals surface area contributed by atoms with E-state index < -0.39 is 0 Å². The monoisotopic (exact) mass is 168 g/mol. The summed E-state index contributed by atoms with van der Waals surface area (Å²) in [7, 11) is 0. The number of nitrogens with zero attached hydrogens (tertiary/aromatic N) is 1. The molecule has 12 heavy (non-hydrogen) atoms. The molecule has 3 nitrogen and oxygen atoms in total. The zero-order chi connectivity index (χ0) is 9.03. The van der Waals surface area contributed by atoms with Crippen molar-refractivity contribution in [2.45, 2.75) is 27.3 Å². The van der Waals surface area contributed by atoms with Gasteiger partial charge < -0.3 is 9.84 Å². The predicted octanol–water partition coefficient (Wildman–Crippen LogP) is 1.81. The molecular weight excluding hydrogens is 152 g/mol. The fraction of sp³-hybridized carbons (Fsp3) is 0.667. The van der Waals surface area contributed by atoms with E-state index in [2.05, 4.69) is 31.2 Å². The minimum absolute atomic E-state index is 0.331. The zero-order valence-electron chi connectivity index (χ0n) is 7.92. The highest BCUT2D eigenvalue weighted by Gasteiger charge is 2.08. The summed E-state index contributed by atoms with van der Waals surface area (Å²) < 4.78 is 4.71. The fourth-order valence-electron chi connectivity index (χ4n) is 0.896. The lowest BCUT2D eigenvalue weighted by atomic mass is 9.97. The van der Waals surface area contributed by atoms with Crippen LogP contribution in [-0.2, 0) is 6.54 Å². The van der Waals surface area contributed by atoms with Gasteiger partial charge in [0, 0.05) is 18.7 Å². The van der Waals surface area contributed by atoms with Crippen molar-refractivity contribution in [3.63, 3.8) is 0 Å². The number of nitrogens with one attached hydrogen (secondary N) is 1. The molecule has 0 aromatic carbocycles. The molecule has 0 radical (unpaired) electrons. The normalized spacial score (nSPS) is 11.9. The molecule has 3 heteroatoms. The summed E-state index contributed by atoms with van der Waals surface area (Å²) in [5.74, 6) is 0. The molecule has 1 heterocycles. The smallest absolute Gasteiger partial charge is 0.128 e. The van der Waals surface area contributed by atoms with E-state index in [9.17, 15) is 0 Å². The molecule has 0 bridgehead atoms. The lowest BCUT2D eigenvalue weighted by Gasteiger charge is -2.18. The fourth-order valence-corrected chi connectivity index (χ4v) is 0.896. The second-order valence-electron chi connectivity index (χ2n) is 4.20. The molecule has 0 fully saturated rings. The van der Waals surface area contributed by atoms with Crippen LogP contribution in [0.15, 0.2) is 17.0 Å². The van der Waals surface area contributed by atoms with Crippen LogP contribution in [0.1, 0.15) is 26.3 Å². The average molecular weight is 168 g/mol. The summed E-state index contributed by atoms with van der Waals surface area (Å²) in [6.45, 7) is 8.44. The Hall–Kier alpha value is -0.830. The number of hydrogen-bond donors (Lipinski definition) is 1.